The van der Waals surface area contributed by atoms with Crippen LogP contribution in [0, 0.1) is 0 Å². The highest BCUT2D eigenvalue weighted by Crippen LogP contribution is 2.38. The summed E-state index contributed by atoms with van der Waals surface area (Å²) >= 11 is 0. The number of halogens is 3. The number of alkyl halides is 3. The lowest BCUT2D eigenvalue weighted by Crippen LogP contribution is -2.55. The predicted molar refractivity (Wildman–Crippen MR) is 67.2 cm³/mol. The third kappa shape index (κ3) is 3.48. The highest BCUT2D eigenvalue weighted by atomic mass is 19.4. The van der Waals surface area contributed by atoms with Gasteiger partial charge in [-0.1, -0.05) is 0 Å². The Kier molecular flexibility index (Phi) is 4.46. The van der Waals surface area contributed by atoms with E-state index in [2.05, 4.69) is 0 Å². The van der Waals surface area contributed by atoms with Crippen molar-refractivity contribution in [1.29, 1.82) is 0 Å². The first-order valence-corrected chi connectivity index (χ1v) is 7.08. The van der Waals surface area contributed by atoms with E-state index < -0.39 is 24.6 Å². The summed E-state index contributed by atoms with van der Waals surface area (Å²) < 4.78 is 38.0. The standard InChI is InChI=1S/C13H19F3N2O3/c14-13(15,16)12(21)4-7-17(8-5-12)11(20)9-18-6-2-1-3-10(18)19/h21H,1-9H2. The molecule has 0 aliphatic carbocycles. The first-order chi connectivity index (χ1) is 9.73. The molecule has 5 nitrogen and oxygen atoms in total. The van der Waals surface area contributed by atoms with Gasteiger partial charge in [0.1, 0.15) is 0 Å². The summed E-state index contributed by atoms with van der Waals surface area (Å²) in [6.07, 6.45) is -3.64. The number of carbonyl (C=O) groups is 2. The molecule has 0 bridgehead atoms. The third-order valence-electron chi connectivity index (χ3n) is 4.22. The maximum Gasteiger partial charge on any atom is 0.417 e. The smallest absolute Gasteiger partial charge is 0.380 e. The number of nitrogens with zero attached hydrogens (tertiary/aromatic N) is 2. The Bertz CT molecular complexity index is 417. The van der Waals surface area contributed by atoms with Crippen molar-refractivity contribution in [2.75, 3.05) is 26.2 Å². The molecule has 2 heterocycles. The van der Waals surface area contributed by atoms with E-state index in [1.807, 2.05) is 0 Å². The number of hydrogen-bond acceptors (Lipinski definition) is 3. The number of hydrogen-bond donors (Lipinski definition) is 1. The second-order valence-corrected chi connectivity index (χ2v) is 5.68. The molecule has 2 aliphatic rings. The average molecular weight is 308 g/mol. The fourth-order valence-electron chi connectivity index (χ4n) is 2.70. The van der Waals surface area contributed by atoms with Crippen LogP contribution in [-0.4, -0.2) is 64.7 Å². The Balaban J connectivity index is 1.87. The van der Waals surface area contributed by atoms with Crippen LogP contribution in [0.5, 0.6) is 0 Å². The minimum absolute atomic E-state index is 0.0801. The van der Waals surface area contributed by atoms with Crippen molar-refractivity contribution in [2.45, 2.75) is 43.9 Å². The molecule has 0 aromatic carbocycles. The Labute approximate surface area is 120 Å². The van der Waals surface area contributed by atoms with Crippen LogP contribution >= 0.6 is 0 Å². The van der Waals surface area contributed by atoms with E-state index in [0.29, 0.717) is 13.0 Å². The third-order valence-corrected chi connectivity index (χ3v) is 4.22. The summed E-state index contributed by atoms with van der Waals surface area (Å²) in [6.45, 7) is 0.155. The highest BCUT2D eigenvalue weighted by Gasteiger charge is 2.54. The van der Waals surface area contributed by atoms with Crippen molar-refractivity contribution >= 4 is 11.8 Å². The van der Waals surface area contributed by atoms with E-state index in [4.69, 9.17) is 0 Å². The van der Waals surface area contributed by atoms with Gasteiger partial charge in [-0.05, 0) is 12.8 Å². The fourth-order valence-corrected chi connectivity index (χ4v) is 2.70. The molecule has 2 saturated heterocycles. The summed E-state index contributed by atoms with van der Waals surface area (Å²) in [5.41, 5.74) is -2.70. The van der Waals surface area contributed by atoms with Crippen molar-refractivity contribution in [3.63, 3.8) is 0 Å². The van der Waals surface area contributed by atoms with Crippen LogP contribution in [0.25, 0.3) is 0 Å². The van der Waals surface area contributed by atoms with E-state index in [1.54, 1.807) is 0 Å². The number of rotatable bonds is 2. The van der Waals surface area contributed by atoms with Crippen LogP contribution in [0.3, 0.4) is 0 Å². The number of piperidine rings is 2. The molecule has 2 fully saturated rings. The zero-order valence-corrected chi connectivity index (χ0v) is 11.7. The van der Waals surface area contributed by atoms with Crippen molar-refractivity contribution in [1.82, 2.24) is 9.80 Å². The molecule has 0 saturated carbocycles. The second kappa shape index (κ2) is 5.82. The van der Waals surface area contributed by atoms with E-state index in [0.717, 1.165) is 12.8 Å². The molecule has 0 atom stereocenters. The average Bonchev–Trinajstić information content (AvgIpc) is 2.41. The lowest BCUT2D eigenvalue weighted by atomic mass is 9.91. The molecule has 2 aliphatic heterocycles. The Morgan fingerprint density at radius 2 is 1.81 bits per heavy atom. The molecule has 120 valence electrons. The number of likely N-dealkylation sites (tertiary alicyclic amines) is 2. The predicted octanol–water partition coefficient (Wildman–Crippen LogP) is 0.915. The van der Waals surface area contributed by atoms with Crippen LogP contribution < -0.4 is 0 Å². The number of aliphatic hydroxyl groups is 1. The molecule has 0 unspecified atom stereocenters. The highest BCUT2D eigenvalue weighted by molar-refractivity contribution is 5.85. The maximum absolute atomic E-state index is 12.7. The number of carbonyl (C=O) groups excluding carboxylic acids is 2. The summed E-state index contributed by atoms with van der Waals surface area (Å²) in [6, 6.07) is 0. The lowest BCUT2D eigenvalue weighted by molar-refractivity contribution is -0.272. The van der Waals surface area contributed by atoms with Crippen molar-refractivity contribution < 1.29 is 27.9 Å². The van der Waals surface area contributed by atoms with Crippen LogP contribution in [0.4, 0.5) is 13.2 Å². The summed E-state index contributed by atoms with van der Waals surface area (Å²) in [5.74, 6) is -0.437. The van der Waals surface area contributed by atoms with E-state index >= 15 is 0 Å². The Morgan fingerprint density at radius 3 is 2.33 bits per heavy atom. The van der Waals surface area contributed by atoms with E-state index in [-0.39, 0.29) is 31.4 Å². The van der Waals surface area contributed by atoms with Gasteiger partial charge in [0.2, 0.25) is 11.8 Å². The Morgan fingerprint density at radius 1 is 1.19 bits per heavy atom. The molecule has 8 heteroatoms. The fraction of sp³-hybridized carbons (Fsp3) is 0.846. The molecular weight excluding hydrogens is 289 g/mol. The molecule has 0 aromatic rings. The molecular formula is C13H19F3N2O3. The first-order valence-electron chi connectivity index (χ1n) is 7.08. The van der Waals surface area contributed by atoms with Gasteiger partial charge in [0, 0.05) is 38.9 Å². The van der Waals surface area contributed by atoms with Gasteiger partial charge in [-0.25, -0.2) is 0 Å². The van der Waals surface area contributed by atoms with E-state index in [9.17, 15) is 27.9 Å². The Hall–Kier alpha value is -1.31. The molecule has 1 N–H and O–H groups in total. The number of amides is 2. The molecule has 0 spiro atoms. The molecule has 21 heavy (non-hydrogen) atoms. The van der Waals surface area contributed by atoms with Gasteiger partial charge in [-0.15, -0.1) is 0 Å². The van der Waals surface area contributed by atoms with Crippen molar-refractivity contribution in [3.05, 3.63) is 0 Å². The largest absolute Gasteiger partial charge is 0.417 e. The van der Waals surface area contributed by atoms with Gasteiger partial charge in [-0.3, -0.25) is 9.59 Å². The van der Waals surface area contributed by atoms with Crippen molar-refractivity contribution in [2.24, 2.45) is 0 Å². The summed E-state index contributed by atoms with van der Waals surface area (Å²) in [5, 5.41) is 9.54. The van der Waals surface area contributed by atoms with Gasteiger partial charge in [0.15, 0.2) is 5.60 Å². The zero-order valence-electron chi connectivity index (χ0n) is 11.7. The maximum atomic E-state index is 12.7. The monoisotopic (exact) mass is 308 g/mol. The zero-order chi connectivity index (χ0) is 15.7. The summed E-state index contributed by atoms with van der Waals surface area (Å²) in [4.78, 5) is 26.4. The molecule has 0 radical (unpaired) electrons. The van der Waals surface area contributed by atoms with Gasteiger partial charge >= 0.3 is 6.18 Å². The minimum Gasteiger partial charge on any atom is -0.380 e. The second-order valence-electron chi connectivity index (χ2n) is 5.68. The van der Waals surface area contributed by atoms with Crippen molar-refractivity contribution in [3.8, 4) is 0 Å². The van der Waals surface area contributed by atoms with Crippen LogP contribution in [0.1, 0.15) is 32.1 Å². The van der Waals surface area contributed by atoms with Crippen LogP contribution in [-0.2, 0) is 9.59 Å². The molecule has 2 amide bonds. The topological polar surface area (TPSA) is 60.9 Å². The molecule has 0 aromatic heterocycles. The van der Waals surface area contributed by atoms with Gasteiger partial charge in [0.05, 0.1) is 6.54 Å². The first kappa shape index (κ1) is 16.1. The normalized spacial score (nSPS) is 23.3. The SMILES string of the molecule is O=C(CN1CCCCC1=O)N1CCC(O)(C(F)(F)F)CC1. The van der Waals surface area contributed by atoms with Gasteiger partial charge in [-0.2, -0.15) is 13.2 Å². The van der Waals surface area contributed by atoms with Gasteiger partial charge in [0.25, 0.3) is 0 Å². The van der Waals surface area contributed by atoms with Gasteiger partial charge < -0.3 is 14.9 Å². The van der Waals surface area contributed by atoms with Crippen LogP contribution in [0.15, 0.2) is 0 Å². The molecule has 2 rings (SSSR count). The minimum atomic E-state index is -4.68. The summed E-state index contributed by atoms with van der Waals surface area (Å²) in [7, 11) is 0. The van der Waals surface area contributed by atoms with E-state index in [1.165, 1.54) is 9.80 Å². The lowest BCUT2D eigenvalue weighted by Gasteiger charge is -2.39. The quantitative estimate of drug-likeness (QED) is 0.825. The van der Waals surface area contributed by atoms with Crippen LogP contribution in [0.2, 0.25) is 0 Å².